The fourth-order valence-corrected chi connectivity index (χ4v) is 4.03. The largest absolute Gasteiger partial charge is 0.288 e. The number of sulfonamides is 1. The maximum Gasteiger partial charge on any atom is 0.243 e. The summed E-state index contributed by atoms with van der Waals surface area (Å²) in [6.45, 7) is 2.40. The lowest BCUT2D eigenvalue weighted by Crippen LogP contribution is -2.48. The van der Waals surface area contributed by atoms with Crippen LogP contribution in [0.25, 0.3) is 0 Å². The number of benzene rings is 1. The van der Waals surface area contributed by atoms with Crippen LogP contribution in [0.1, 0.15) is 12.0 Å². The minimum atomic E-state index is -3.44. The SMILES string of the molecule is N#CCN1CCN(S(=O)(=O)c2ccc(CCCCl)cc2)CC1. The molecule has 22 heavy (non-hydrogen) atoms. The van der Waals surface area contributed by atoms with Gasteiger partial charge in [-0.15, -0.1) is 11.6 Å². The van der Waals surface area contributed by atoms with E-state index in [1.54, 1.807) is 12.1 Å². The van der Waals surface area contributed by atoms with Gasteiger partial charge in [0, 0.05) is 32.1 Å². The van der Waals surface area contributed by atoms with Gasteiger partial charge in [-0.05, 0) is 30.5 Å². The molecule has 1 aliphatic heterocycles. The van der Waals surface area contributed by atoms with Crippen molar-refractivity contribution < 1.29 is 8.42 Å². The van der Waals surface area contributed by atoms with Crippen LogP contribution in [0.3, 0.4) is 0 Å². The minimum absolute atomic E-state index is 0.329. The van der Waals surface area contributed by atoms with E-state index in [4.69, 9.17) is 16.9 Å². The molecule has 0 aliphatic carbocycles. The summed E-state index contributed by atoms with van der Waals surface area (Å²) in [4.78, 5) is 2.29. The molecule has 2 rings (SSSR count). The first kappa shape index (κ1) is 17.2. The molecule has 1 aromatic carbocycles. The van der Waals surface area contributed by atoms with Gasteiger partial charge in [-0.25, -0.2) is 8.42 Å². The van der Waals surface area contributed by atoms with Gasteiger partial charge in [0.05, 0.1) is 17.5 Å². The highest BCUT2D eigenvalue weighted by molar-refractivity contribution is 7.89. The Morgan fingerprint density at radius 1 is 1.14 bits per heavy atom. The zero-order valence-electron chi connectivity index (χ0n) is 12.4. The second kappa shape index (κ2) is 7.93. The van der Waals surface area contributed by atoms with Gasteiger partial charge in [0.2, 0.25) is 10.0 Å². The lowest BCUT2D eigenvalue weighted by Gasteiger charge is -2.32. The van der Waals surface area contributed by atoms with E-state index in [-0.39, 0.29) is 0 Å². The molecule has 0 atom stereocenters. The number of aryl methyl sites for hydroxylation is 1. The first-order chi connectivity index (χ1) is 10.6. The zero-order chi connectivity index (χ0) is 16.0. The van der Waals surface area contributed by atoms with Crippen molar-refractivity contribution in [2.24, 2.45) is 0 Å². The summed E-state index contributed by atoms with van der Waals surface area (Å²) in [5.41, 5.74) is 1.10. The van der Waals surface area contributed by atoms with Gasteiger partial charge in [0.25, 0.3) is 0 Å². The molecule has 1 heterocycles. The van der Waals surface area contributed by atoms with Gasteiger partial charge < -0.3 is 0 Å². The molecule has 0 radical (unpaired) electrons. The first-order valence-corrected chi connectivity index (χ1v) is 9.30. The zero-order valence-corrected chi connectivity index (χ0v) is 14.0. The molecule has 1 aliphatic rings. The normalized spacial score (nSPS) is 17.3. The van der Waals surface area contributed by atoms with E-state index < -0.39 is 10.0 Å². The van der Waals surface area contributed by atoms with Crippen LogP contribution in [-0.4, -0.2) is 56.2 Å². The Morgan fingerprint density at radius 3 is 2.32 bits per heavy atom. The summed E-state index contributed by atoms with van der Waals surface area (Å²) in [5.74, 6) is 0.604. The maximum absolute atomic E-state index is 12.6. The van der Waals surface area contributed by atoms with Crippen molar-refractivity contribution >= 4 is 21.6 Å². The number of halogens is 1. The molecule has 0 spiro atoms. The number of alkyl halides is 1. The Morgan fingerprint density at radius 2 is 1.77 bits per heavy atom. The van der Waals surface area contributed by atoms with Gasteiger partial charge in [-0.3, -0.25) is 4.90 Å². The number of piperazine rings is 1. The molecule has 0 amide bonds. The van der Waals surface area contributed by atoms with Gasteiger partial charge >= 0.3 is 0 Å². The summed E-state index contributed by atoms with van der Waals surface area (Å²) in [6, 6.07) is 9.13. The van der Waals surface area contributed by atoms with Crippen molar-refractivity contribution in [3.63, 3.8) is 0 Å². The van der Waals surface area contributed by atoms with Gasteiger partial charge in [-0.1, -0.05) is 12.1 Å². The highest BCUT2D eigenvalue weighted by Crippen LogP contribution is 2.18. The third-order valence-electron chi connectivity index (χ3n) is 3.79. The van der Waals surface area contributed by atoms with Crippen molar-refractivity contribution in [1.29, 1.82) is 5.26 Å². The van der Waals surface area contributed by atoms with E-state index in [1.165, 1.54) is 4.31 Å². The number of nitriles is 1. The molecule has 0 aromatic heterocycles. The molecule has 5 nitrogen and oxygen atoms in total. The Kier molecular flexibility index (Phi) is 6.21. The van der Waals surface area contributed by atoms with Crippen LogP contribution in [0.4, 0.5) is 0 Å². The average molecular weight is 342 g/mol. The Labute approximate surface area is 137 Å². The summed E-state index contributed by atoms with van der Waals surface area (Å²) in [5, 5.41) is 8.68. The predicted molar refractivity (Wildman–Crippen MR) is 86.3 cm³/mol. The van der Waals surface area contributed by atoms with Crippen molar-refractivity contribution in [2.45, 2.75) is 17.7 Å². The molecule has 0 bridgehead atoms. The fraction of sp³-hybridized carbons (Fsp3) is 0.533. The second-order valence-electron chi connectivity index (χ2n) is 5.27. The van der Waals surface area contributed by atoms with Crippen molar-refractivity contribution in [3.05, 3.63) is 29.8 Å². The van der Waals surface area contributed by atoms with E-state index >= 15 is 0 Å². The van der Waals surface area contributed by atoms with Crippen molar-refractivity contribution in [3.8, 4) is 6.07 Å². The van der Waals surface area contributed by atoms with Crippen LogP contribution in [0.15, 0.2) is 29.2 Å². The molecule has 1 saturated heterocycles. The van der Waals surface area contributed by atoms with Crippen molar-refractivity contribution in [1.82, 2.24) is 9.21 Å². The van der Waals surface area contributed by atoms with E-state index in [2.05, 4.69) is 6.07 Å². The van der Waals surface area contributed by atoms with Gasteiger partial charge in [0.1, 0.15) is 0 Å². The third-order valence-corrected chi connectivity index (χ3v) is 5.97. The lowest BCUT2D eigenvalue weighted by atomic mass is 10.1. The standard InChI is InChI=1S/C15H20ClN3O2S/c16-7-1-2-14-3-5-15(6-4-14)22(20,21)19-12-10-18(9-8-17)11-13-19/h3-6H,1-2,7,9-13H2. The van der Waals surface area contributed by atoms with Crippen LogP contribution >= 0.6 is 11.6 Å². The Hall–Kier alpha value is -1.13. The van der Waals surface area contributed by atoms with Crippen LogP contribution in [0.2, 0.25) is 0 Å². The van der Waals surface area contributed by atoms with Gasteiger partial charge in [-0.2, -0.15) is 9.57 Å². The molecule has 0 unspecified atom stereocenters. The van der Waals surface area contributed by atoms with Crippen LogP contribution in [-0.2, 0) is 16.4 Å². The first-order valence-electron chi connectivity index (χ1n) is 7.32. The molecular weight excluding hydrogens is 322 g/mol. The van der Waals surface area contributed by atoms with Crippen molar-refractivity contribution in [2.75, 3.05) is 38.6 Å². The number of rotatable bonds is 6. The smallest absolute Gasteiger partial charge is 0.243 e. The molecule has 1 aromatic rings. The Bertz CT molecular complexity index is 617. The quantitative estimate of drug-likeness (QED) is 0.583. The lowest BCUT2D eigenvalue weighted by molar-refractivity contribution is 0.206. The van der Waals surface area contributed by atoms with E-state index in [0.717, 1.165) is 18.4 Å². The average Bonchev–Trinajstić information content (AvgIpc) is 2.54. The monoisotopic (exact) mass is 341 g/mol. The molecule has 1 fully saturated rings. The third kappa shape index (κ3) is 4.20. The highest BCUT2D eigenvalue weighted by Gasteiger charge is 2.28. The van der Waals surface area contributed by atoms with Crippen LogP contribution in [0.5, 0.6) is 0 Å². The molecule has 120 valence electrons. The van der Waals surface area contributed by atoms with E-state index in [0.29, 0.717) is 43.5 Å². The minimum Gasteiger partial charge on any atom is -0.288 e. The van der Waals surface area contributed by atoms with Crippen LogP contribution < -0.4 is 0 Å². The summed E-state index contributed by atoms with van der Waals surface area (Å²) >= 11 is 5.66. The molecule has 0 saturated carbocycles. The van der Waals surface area contributed by atoms with E-state index in [9.17, 15) is 8.42 Å². The van der Waals surface area contributed by atoms with Crippen LogP contribution in [0, 0.1) is 11.3 Å². The van der Waals surface area contributed by atoms with E-state index in [1.807, 2.05) is 17.0 Å². The number of hydrogen-bond donors (Lipinski definition) is 0. The molecule has 0 N–H and O–H groups in total. The predicted octanol–water partition coefficient (Wildman–Crippen LogP) is 1.69. The molecule has 7 heteroatoms. The summed E-state index contributed by atoms with van der Waals surface area (Å²) in [6.07, 6.45) is 1.74. The highest BCUT2D eigenvalue weighted by atomic mass is 35.5. The summed E-state index contributed by atoms with van der Waals surface area (Å²) in [7, 11) is -3.44. The topological polar surface area (TPSA) is 64.4 Å². The van der Waals surface area contributed by atoms with Gasteiger partial charge in [0.15, 0.2) is 0 Å². The number of nitrogens with zero attached hydrogens (tertiary/aromatic N) is 3. The maximum atomic E-state index is 12.6. The fourth-order valence-electron chi connectivity index (χ4n) is 2.48. The number of hydrogen-bond acceptors (Lipinski definition) is 4. The summed E-state index contributed by atoms with van der Waals surface area (Å²) < 4.78 is 26.7. The molecular formula is C15H20ClN3O2S. The Balaban J connectivity index is 2.03. The second-order valence-corrected chi connectivity index (χ2v) is 7.59.